The molecule has 120 valence electrons. The van der Waals surface area contributed by atoms with Gasteiger partial charge in [0.2, 0.25) is 0 Å². The maximum absolute atomic E-state index is 12.4. The van der Waals surface area contributed by atoms with Gasteiger partial charge in [0.1, 0.15) is 0 Å². The second kappa shape index (κ2) is 6.24. The molecule has 1 saturated carbocycles. The zero-order chi connectivity index (χ0) is 15.6. The number of urea groups is 1. The Kier molecular flexibility index (Phi) is 4.79. The summed E-state index contributed by atoms with van der Waals surface area (Å²) in [4.78, 5) is 25.6. The predicted octanol–water partition coefficient (Wildman–Crippen LogP) is 2.71. The van der Waals surface area contributed by atoms with Gasteiger partial charge in [-0.3, -0.25) is 4.79 Å². The number of carboxylic acid groups (broad SMARTS) is 1. The third-order valence-electron chi connectivity index (χ3n) is 5.49. The van der Waals surface area contributed by atoms with Crippen molar-refractivity contribution in [3.63, 3.8) is 0 Å². The number of nitrogens with one attached hydrogen (secondary N) is 1. The quantitative estimate of drug-likeness (QED) is 0.838. The fourth-order valence-electron chi connectivity index (χ4n) is 3.27. The van der Waals surface area contributed by atoms with Crippen molar-refractivity contribution in [2.45, 2.75) is 58.9 Å². The van der Waals surface area contributed by atoms with Crippen LogP contribution in [-0.2, 0) is 4.79 Å². The van der Waals surface area contributed by atoms with Gasteiger partial charge in [0.15, 0.2) is 0 Å². The lowest BCUT2D eigenvalue weighted by Crippen LogP contribution is -2.52. The van der Waals surface area contributed by atoms with Crippen LogP contribution < -0.4 is 5.32 Å². The van der Waals surface area contributed by atoms with Crippen molar-refractivity contribution >= 4 is 12.0 Å². The number of hydrogen-bond acceptors (Lipinski definition) is 2. The number of piperidine rings is 1. The van der Waals surface area contributed by atoms with E-state index in [2.05, 4.69) is 12.2 Å². The van der Waals surface area contributed by atoms with Crippen LogP contribution in [0.3, 0.4) is 0 Å². The Morgan fingerprint density at radius 1 is 1.24 bits per heavy atom. The van der Waals surface area contributed by atoms with E-state index in [1.54, 1.807) is 18.7 Å². The molecule has 0 radical (unpaired) electrons. The summed E-state index contributed by atoms with van der Waals surface area (Å²) in [6.07, 6.45) is 5.43. The maximum atomic E-state index is 12.4. The summed E-state index contributed by atoms with van der Waals surface area (Å²) in [5.74, 6) is -0.142. The number of amides is 2. The van der Waals surface area contributed by atoms with Crippen molar-refractivity contribution in [3.8, 4) is 0 Å². The number of carboxylic acids is 1. The van der Waals surface area contributed by atoms with Crippen molar-refractivity contribution in [3.05, 3.63) is 0 Å². The van der Waals surface area contributed by atoms with E-state index in [1.165, 1.54) is 19.3 Å². The Hall–Kier alpha value is -1.26. The van der Waals surface area contributed by atoms with Gasteiger partial charge >= 0.3 is 12.0 Å². The largest absolute Gasteiger partial charge is 0.481 e. The lowest BCUT2D eigenvalue weighted by Gasteiger charge is -2.40. The zero-order valence-electron chi connectivity index (χ0n) is 13.4. The topological polar surface area (TPSA) is 69.6 Å². The van der Waals surface area contributed by atoms with E-state index >= 15 is 0 Å². The molecule has 2 unspecified atom stereocenters. The van der Waals surface area contributed by atoms with Crippen molar-refractivity contribution < 1.29 is 14.7 Å². The summed E-state index contributed by atoms with van der Waals surface area (Å²) in [6, 6.07) is 0.194. The molecule has 5 heteroatoms. The molecule has 2 amide bonds. The Morgan fingerprint density at radius 3 is 2.43 bits per heavy atom. The Morgan fingerprint density at radius 2 is 1.90 bits per heavy atom. The van der Waals surface area contributed by atoms with Crippen LogP contribution in [0.5, 0.6) is 0 Å². The molecule has 1 heterocycles. The van der Waals surface area contributed by atoms with Gasteiger partial charge in [0.25, 0.3) is 0 Å². The van der Waals surface area contributed by atoms with E-state index in [-0.39, 0.29) is 18.0 Å². The first-order valence-corrected chi connectivity index (χ1v) is 8.11. The van der Waals surface area contributed by atoms with E-state index in [0.717, 1.165) is 19.4 Å². The van der Waals surface area contributed by atoms with Crippen molar-refractivity contribution in [1.82, 2.24) is 10.2 Å². The molecule has 1 aliphatic heterocycles. The van der Waals surface area contributed by atoms with Gasteiger partial charge in [-0.05, 0) is 58.3 Å². The highest BCUT2D eigenvalue weighted by Crippen LogP contribution is 2.34. The third kappa shape index (κ3) is 3.50. The first-order valence-electron chi connectivity index (χ1n) is 8.11. The van der Waals surface area contributed by atoms with Crippen molar-refractivity contribution in [2.24, 2.45) is 17.3 Å². The SMILES string of the molecule is CC(NC(=O)N1CCCC(C(C)(C)C(=O)O)C1)C1CCC1. The van der Waals surface area contributed by atoms with Crippen LogP contribution in [0.25, 0.3) is 0 Å². The first kappa shape index (κ1) is 16.1. The molecule has 2 aliphatic rings. The fourth-order valence-corrected chi connectivity index (χ4v) is 3.27. The average molecular weight is 296 g/mol. The second-order valence-corrected chi connectivity index (χ2v) is 7.24. The standard InChI is InChI=1S/C16H28N2O3/c1-11(12-6-4-7-12)17-15(21)18-9-5-8-13(10-18)16(2,3)14(19)20/h11-13H,4-10H2,1-3H3,(H,17,21)(H,19,20). The molecule has 0 aromatic rings. The molecule has 5 nitrogen and oxygen atoms in total. The summed E-state index contributed by atoms with van der Waals surface area (Å²) < 4.78 is 0. The number of hydrogen-bond donors (Lipinski definition) is 2. The van der Waals surface area contributed by atoms with E-state index < -0.39 is 11.4 Å². The van der Waals surface area contributed by atoms with Gasteiger partial charge < -0.3 is 15.3 Å². The molecular formula is C16H28N2O3. The van der Waals surface area contributed by atoms with Crippen molar-refractivity contribution in [1.29, 1.82) is 0 Å². The Labute approximate surface area is 127 Å². The highest BCUT2D eigenvalue weighted by Gasteiger charge is 2.40. The Bertz CT molecular complexity index is 404. The number of likely N-dealkylation sites (tertiary alicyclic amines) is 1. The number of carbonyl (C=O) groups is 2. The molecule has 1 saturated heterocycles. The van der Waals surface area contributed by atoms with Crippen LogP contribution in [0.2, 0.25) is 0 Å². The van der Waals surface area contributed by atoms with Crippen LogP contribution in [-0.4, -0.2) is 41.1 Å². The highest BCUT2D eigenvalue weighted by molar-refractivity contribution is 5.76. The summed E-state index contributed by atoms with van der Waals surface area (Å²) in [5, 5.41) is 12.4. The monoisotopic (exact) mass is 296 g/mol. The van der Waals surface area contributed by atoms with Gasteiger partial charge in [-0.2, -0.15) is 0 Å². The number of aliphatic carboxylic acids is 1. The smallest absolute Gasteiger partial charge is 0.317 e. The number of rotatable bonds is 4. The van der Waals surface area contributed by atoms with Crippen molar-refractivity contribution in [2.75, 3.05) is 13.1 Å². The number of nitrogens with zero attached hydrogens (tertiary/aromatic N) is 1. The predicted molar refractivity (Wildman–Crippen MR) is 81.0 cm³/mol. The normalized spacial score (nSPS) is 25.1. The molecule has 0 aromatic heterocycles. The first-order chi connectivity index (χ1) is 9.82. The van der Waals surface area contributed by atoms with Gasteiger partial charge in [-0.1, -0.05) is 6.42 Å². The molecule has 2 atom stereocenters. The van der Waals surface area contributed by atoms with Crippen LogP contribution in [0.1, 0.15) is 52.9 Å². The highest BCUT2D eigenvalue weighted by atomic mass is 16.4. The maximum Gasteiger partial charge on any atom is 0.317 e. The van der Waals surface area contributed by atoms with Gasteiger partial charge in [0, 0.05) is 19.1 Å². The molecule has 2 rings (SSSR count). The second-order valence-electron chi connectivity index (χ2n) is 7.24. The van der Waals surface area contributed by atoms with Crippen LogP contribution in [0, 0.1) is 17.3 Å². The molecule has 1 aliphatic carbocycles. The number of carbonyl (C=O) groups excluding carboxylic acids is 1. The van der Waals surface area contributed by atoms with Crippen LogP contribution in [0.15, 0.2) is 0 Å². The van der Waals surface area contributed by atoms with Crippen LogP contribution >= 0.6 is 0 Å². The minimum absolute atomic E-state index is 0.0218. The van der Waals surface area contributed by atoms with Crippen LogP contribution in [0.4, 0.5) is 4.79 Å². The summed E-state index contributed by atoms with van der Waals surface area (Å²) in [6.45, 7) is 6.87. The molecule has 21 heavy (non-hydrogen) atoms. The molecule has 0 aromatic carbocycles. The van der Waals surface area contributed by atoms with Gasteiger partial charge in [-0.15, -0.1) is 0 Å². The average Bonchev–Trinajstić information content (AvgIpc) is 2.36. The van der Waals surface area contributed by atoms with Gasteiger partial charge in [0.05, 0.1) is 5.41 Å². The Balaban J connectivity index is 1.90. The lowest BCUT2D eigenvalue weighted by atomic mass is 9.74. The summed E-state index contributed by atoms with van der Waals surface area (Å²) in [7, 11) is 0. The third-order valence-corrected chi connectivity index (χ3v) is 5.49. The minimum atomic E-state index is -0.780. The molecule has 0 spiro atoms. The zero-order valence-corrected chi connectivity index (χ0v) is 13.4. The lowest BCUT2D eigenvalue weighted by molar-refractivity contribution is -0.151. The minimum Gasteiger partial charge on any atom is -0.481 e. The fraction of sp³-hybridized carbons (Fsp3) is 0.875. The van der Waals surface area contributed by atoms with E-state index in [0.29, 0.717) is 12.5 Å². The molecule has 2 fully saturated rings. The van der Waals surface area contributed by atoms with E-state index in [4.69, 9.17) is 0 Å². The van der Waals surface area contributed by atoms with Gasteiger partial charge in [-0.25, -0.2) is 4.79 Å². The van der Waals surface area contributed by atoms with E-state index in [1.807, 2.05) is 0 Å². The molecular weight excluding hydrogens is 268 g/mol. The molecule has 2 N–H and O–H groups in total. The molecule has 0 bridgehead atoms. The summed E-state index contributed by atoms with van der Waals surface area (Å²) >= 11 is 0. The van der Waals surface area contributed by atoms with E-state index in [9.17, 15) is 14.7 Å². The summed E-state index contributed by atoms with van der Waals surface area (Å²) in [5.41, 5.74) is -0.779.